The lowest BCUT2D eigenvalue weighted by Gasteiger charge is -2.18. The maximum atomic E-state index is 10.9. The van der Waals surface area contributed by atoms with Crippen molar-refractivity contribution in [2.24, 2.45) is 5.92 Å². The molecule has 0 aromatic heterocycles. The minimum absolute atomic E-state index is 0.0982. The number of hydrogen-bond acceptors (Lipinski definition) is 5. The van der Waals surface area contributed by atoms with Gasteiger partial charge in [-0.1, -0.05) is 0 Å². The number of hydrogen-bond donors (Lipinski definition) is 1. The molecule has 1 fully saturated rings. The Balaban J connectivity index is 2.19. The van der Waals surface area contributed by atoms with E-state index in [4.69, 9.17) is 4.74 Å². The molecule has 1 N–H and O–H groups in total. The summed E-state index contributed by atoms with van der Waals surface area (Å²) in [6.07, 6.45) is 0.844. The molecular formula is C13H18N2O3S. The second-order valence-electron chi connectivity index (χ2n) is 4.69. The van der Waals surface area contributed by atoms with Crippen molar-refractivity contribution >= 4 is 17.4 Å². The van der Waals surface area contributed by atoms with Crippen LogP contribution in [0.15, 0.2) is 18.2 Å². The maximum absolute atomic E-state index is 10.9. The van der Waals surface area contributed by atoms with Crippen LogP contribution in [-0.2, 0) is 6.42 Å². The first-order chi connectivity index (χ1) is 9.13. The van der Waals surface area contributed by atoms with E-state index < -0.39 is 0 Å². The number of thioether (sulfide) groups is 1. The molecule has 2 rings (SSSR count). The molecule has 0 aliphatic carbocycles. The molecule has 6 heteroatoms. The third kappa shape index (κ3) is 3.39. The minimum Gasteiger partial charge on any atom is -0.496 e. The van der Waals surface area contributed by atoms with Gasteiger partial charge in [-0.05, 0) is 36.8 Å². The lowest BCUT2D eigenvalue weighted by atomic mass is 9.94. The highest BCUT2D eigenvalue weighted by Crippen LogP contribution is 2.30. The highest BCUT2D eigenvalue weighted by molar-refractivity contribution is 7.99. The Kier molecular flexibility index (Phi) is 4.66. The molecule has 5 nitrogen and oxygen atoms in total. The van der Waals surface area contributed by atoms with E-state index in [9.17, 15) is 10.1 Å². The molecule has 0 radical (unpaired) electrons. The molecule has 2 atom stereocenters. The van der Waals surface area contributed by atoms with Crippen LogP contribution in [0.25, 0.3) is 0 Å². The third-order valence-corrected chi connectivity index (χ3v) is 4.72. The predicted octanol–water partition coefficient (Wildman–Crippen LogP) is 2.10. The van der Waals surface area contributed by atoms with Gasteiger partial charge in [0.25, 0.3) is 5.69 Å². The molecule has 0 bridgehead atoms. The standard InChI is InChI=1S/C13H18N2O3S/c1-14-13-8-19-7-10(13)3-9-4-11(15(16)17)6-12(5-9)18-2/h4-6,10,13-14H,3,7-8H2,1-2H3. The molecule has 1 aromatic rings. The summed E-state index contributed by atoms with van der Waals surface area (Å²) in [6, 6.07) is 5.49. The van der Waals surface area contributed by atoms with Crippen LogP contribution in [0.2, 0.25) is 0 Å². The van der Waals surface area contributed by atoms with Crippen molar-refractivity contribution in [3.8, 4) is 5.75 Å². The van der Waals surface area contributed by atoms with E-state index in [2.05, 4.69) is 5.32 Å². The zero-order valence-electron chi connectivity index (χ0n) is 11.1. The number of nitro groups is 1. The van der Waals surface area contributed by atoms with Crippen molar-refractivity contribution in [2.45, 2.75) is 12.5 Å². The average molecular weight is 282 g/mol. The first kappa shape index (κ1) is 14.1. The van der Waals surface area contributed by atoms with Gasteiger partial charge in [-0.25, -0.2) is 0 Å². The second-order valence-corrected chi connectivity index (χ2v) is 5.77. The van der Waals surface area contributed by atoms with Crippen LogP contribution >= 0.6 is 11.8 Å². The number of non-ortho nitro benzene ring substituents is 1. The summed E-state index contributed by atoms with van der Waals surface area (Å²) >= 11 is 1.93. The van der Waals surface area contributed by atoms with Crippen LogP contribution in [0.3, 0.4) is 0 Å². The molecule has 1 aliphatic heterocycles. The lowest BCUT2D eigenvalue weighted by molar-refractivity contribution is -0.385. The van der Waals surface area contributed by atoms with E-state index in [1.165, 1.54) is 13.2 Å². The van der Waals surface area contributed by atoms with Crippen molar-refractivity contribution in [3.63, 3.8) is 0 Å². The topological polar surface area (TPSA) is 64.4 Å². The summed E-state index contributed by atoms with van der Waals surface area (Å²) in [5.74, 6) is 3.27. The summed E-state index contributed by atoms with van der Waals surface area (Å²) in [6.45, 7) is 0. The zero-order chi connectivity index (χ0) is 13.8. The van der Waals surface area contributed by atoms with Crippen molar-refractivity contribution < 1.29 is 9.66 Å². The Morgan fingerprint density at radius 1 is 1.47 bits per heavy atom. The van der Waals surface area contributed by atoms with Gasteiger partial charge >= 0.3 is 0 Å². The van der Waals surface area contributed by atoms with Crippen LogP contribution in [0, 0.1) is 16.0 Å². The lowest BCUT2D eigenvalue weighted by Crippen LogP contribution is -2.33. The van der Waals surface area contributed by atoms with Gasteiger partial charge in [0.2, 0.25) is 0 Å². The van der Waals surface area contributed by atoms with E-state index >= 15 is 0 Å². The quantitative estimate of drug-likeness (QED) is 0.662. The monoisotopic (exact) mass is 282 g/mol. The van der Waals surface area contributed by atoms with Crippen molar-refractivity contribution in [3.05, 3.63) is 33.9 Å². The number of nitro benzene ring substituents is 1. The van der Waals surface area contributed by atoms with Gasteiger partial charge in [0, 0.05) is 17.9 Å². The van der Waals surface area contributed by atoms with Crippen LogP contribution in [0.5, 0.6) is 5.75 Å². The molecule has 1 heterocycles. The molecule has 1 aliphatic rings. The molecule has 104 valence electrons. The number of nitrogens with one attached hydrogen (secondary N) is 1. The normalized spacial score (nSPS) is 22.4. The highest BCUT2D eigenvalue weighted by atomic mass is 32.2. The van der Waals surface area contributed by atoms with Crippen LogP contribution < -0.4 is 10.1 Å². The third-order valence-electron chi connectivity index (χ3n) is 3.46. The Labute approximate surface area is 116 Å². The van der Waals surface area contributed by atoms with Crippen molar-refractivity contribution in [1.29, 1.82) is 0 Å². The van der Waals surface area contributed by atoms with Gasteiger partial charge in [0.05, 0.1) is 18.1 Å². The molecule has 1 aromatic carbocycles. The number of ether oxygens (including phenoxy) is 1. The zero-order valence-corrected chi connectivity index (χ0v) is 11.9. The molecule has 2 unspecified atom stereocenters. The summed E-state index contributed by atoms with van der Waals surface area (Å²) in [7, 11) is 3.50. The van der Waals surface area contributed by atoms with Gasteiger partial charge in [0.15, 0.2) is 0 Å². The average Bonchev–Trinajstić information content (AvgIpc) is 2.85. The van der Waals surface area contributed by atoms with E-state index in [0.717, 1.165) is 23.5 Å². The summed E-state index contributed by atoms with van der Waals surface area (Å²) in [5.41, 5.74) is 1.07. The Bertz CT molecular complexity index is 467. The van der Waals surface area contributed by atoms with E-state index in [1.54, 1.807) is 6.07 Å². The SMILES string of the molecule is CNC1CSCC1Cc1cc(OC)cc([N+](=O)[O-])c1. The van der Waals surface area contributed by atoms with Gasteiger partial charge in [-0.3, -0.25) is 10.1 Å². The van der Waals surface area contributed by atoms with E-state index in [-0.39, 0.29) is 10.6 Å². The first-order valence-electron chi connectivity index (χ1n) is 6.21. The van der Waals surface area contributed by atoms with Gasteiger partial charge in [-0.2, -0.15) is 11.8 Å². The molecule has 19 heavy (non-hydrogen) atoms. The smallest absolute Gasteiger partial charge is 0.273 e. The molecule has 0 saturated carbocycles. The molecular weight excluding hydrogens is 264 g/mol. The highest BCUT2D eigenvalue weighted by Gasteiger charge is 2.27. The Hall–Kier alpha value is -1.27. The van der Waals surface area contributed by atoms with E-state index in [0.29, 0.717) is 17.7 Å². The largest absolute Gasteiger partial charge is 0.496 e. The summed E-state index contributed by atoms with van der Waals surface area (Å²) in [4.78, 5) is 10.5. The van der Waals surface area contributed by atoms with Crippen LogP contribution in [0.4, 0.5) is 5.69 Å². The molecule has 0 spiro atoms. The number of methoxy groups -OCH3 is 1. The molecule has 1 saturated heterocycles. The predicted molar refractivity (Wildman–Crippen MR) is 77.0 cm³/mol. The first-order valence-corrected chi connectivity index (χ1v) is 7.37. The van der Waals surface area contributed by atoms with Gasteiger partial charge < -0.3 is 10.1 Å². The summed E-state index contributed by atoms with van der Waals surface area (Å²) < 4.78 is 5.14. The van der Waals surface area contributed by atoms with E-state index in [1.807, 2.05) is 24.9 Å². The summed E-state index contributed by atoms with van der Waals surface area (Å²) in [5, 5.41) is 14.2. The fourth-order valence-electron chi connectivity index (χ4n) is 2.41. The van der Waals surface area contributed by atoms with Crippen molar-refractivity contribution in [1.82, 2.24) is 5.32 Å². The Morgan fingerprint density at radius 3 is 2.89 bits per heavy atom. The maximum Gasteiger partial charge on any atom is 0.273 e. The van der Waals surface area contributed by atoms with Crippen molar-refractivity contribution in [2.75, 3.05) is 25.7 Å². The number of benzene rings is 1. The van der Waals surface area contributed by atoms with Crippen LogP contribution in [0.1, 0.15) is 5.56 Å². The fourth-order valence-corrected chi connectivity index (χ4v) is 3.89. The number of nitrogens with zero attached hydrogens (tertiary/aromatic N) is 1. The molecule has 0 amide bonds. The Morgan fingerprint density at radius 2 is 2.26 bits per heavy atom. The van der Waals surface area contributed by atoms with Gasteiger partial charge in [-0.15, -0.1) is 0 Å². The van der Waals surface area contributed by atoms with Crippen LogP contribution in [-0.4, -0.2) is 36.6 Å². The minimum atomic E-state index is -0.370. The second kappa shape index (κ2) is 6.25. The fraction of sp³-hybridized carbons (Fsp3) is 0.538. The van der Waals surface area contributed by atoms with Gasteiger partial charge in [0.1, 0.15) is 5.75 Å². The number of rotatable bonds is 5.